The molecule has 3 N–H and O–H groups in total. The third kappa shape index (κ3) is 8.17. The van der Waals surface area contributed by atoms with Crippen molar-refractivity contribution in [3.05, 3.63) is 0 Å². The summed E-state index contributed by atoms with van der Waals surface area (Å²) in [6.45, 7) is 9.12. The molecule has 88 valence electrons. The third-order valence-electron chi connectivity index (χ3n) is 1.46. The predicted molar refractivity (Wildman–Crippen MR) is 64.9 cm³/mol. The topological polar surface area (TPSA) is 64.3 Å². The quantitative estimate of drug-likeness (QED) is 0.730. The first kappa shape index (κ1) is 14.2. The molecule has 0 unspecified atom stereocenters. The average molecular weight is 232 g/mol. The Morgan fingerprint density at radius 2 is 1.80 bits per heavy atom. The highest BCUT2D eigenvalue weighted by Crippen LogP contribution is 2.11. The number of carbonyl (C=O) groups is 1. The van der Waals surface area contributed by atoms with Crippen molar-refractivity contribution in [3.63, 3.8) is 0 Å². The first-order valence-corrected chi connectivity index (χ1v) is 5.22. The Labute approximate surface area is 96.5 Å². The van der Waals surface area contributed by atoms with Crippen LogP contribution in [0.25, 0.3) is 0 Å². The summed E-state index contributed by atoms with van der Waals surface area (Å²) in [5.41, 5.74) is 4.45. The molecule has 0 aliphatic heterocycles. The summed E-state index contributed by atoms with van der Waals surface area (Å²) < 4.78 is 5.12. The van der Waals surface area contributed by atoms with E-state index in [1.165, 1.54) is 0 Å². The lowest BCUT2D eigenvalue weighted by Gasteiger charge is -2.28. The fraction of sp³-hybridized carbons (Fsp3) is 0.800. The molecule has 0 saturated heterocycles. The van der Waals surface area contributed by atoms with Crippen molar-refractivity contribution in [3.8, 4) is 0 Å². The van der Waals surface area contributed by atoms with E-state index in [1.807, 2.05) is 34.6 Å². The highest BCUT2D eigenvalue weighted by Gasteiger charge is 2.24. The standard InChI is InChI=1S/C10H20N2O2S/c1-9(2,3)14-8(13)12-10(4,5)6-7(11)15/h6H2,1-5H3,(H2,11,15)(H,12,13). The number of rotatable bonds is 3. The van der Waals surface area contributed by atoms with E-state index < -0.39 is 17.2 Å². The van der Waals surface area contributed by atoms with Gasteiger partial charge in [-0.1, -0.05) is 12.2 Å². The van der Waals surface area contributed by atoms with E-state index in [9.17, 15) is 4.79 Å². The zero-order chi connectivity index (χ0) is 12.3. The third-order valence-corrected chi connectivity index (χ3v) is 1.60. The molecule has 0 aromatic carbocycles. The number of ether oxygens (including phenoxy) is 1. The maximum absolute atomic E-state index is 11.4. The number of alkyl carbamates (subject to hydrolysis) is 1. The predicted octanol–water partition coefficient (Wildman–Crippen LogP) is 1.97. The molecule has 0 radical (unpaired) electrons. The van der Waals surface area contributed by atoms with Crippen LogP contribution in [-0.4, -0.2) is 22.2 Å². The molecule has 0 aliphatic rings. The Kier molecular flexibility index (Phi) is 4.52. The molecule has 0 bridgehead atoms. The van der Waals surface area contributed by atoms with E-state index >= 15 is 0 Å². The van der Waals surface area contributed by atoms with Gasteiger partial charge in [0.1, 0.15) is 5.60 Å². The molecule has 4 nitrogen and oxygen atoms in total. The van der Waals surface area contributed by atoms with Gasteiger partial charge in [0.2, 0.25) is 0 Å². The van der Waals surface area contributed by atoms with Crippen LogP contribution in [0.5, 0.6) is 0 Å². The van der Waals surface area contributed by atoms with Crippen LogP contribution in [0.2, 0.25) is 0 Å². The summed E-state index contributed by atoms with van der Waals surface area (Å²) in [5, 5.41) is 2.72. The second-order valence-electron chi connectivity index (χ2n) is 5.15. The second kappa shape index (κ2) is 4.79. The Hall–Kier alpha value is -0.840. The first-order chi connectivity index (χ1) is 6.52. The number of nitrogens with two attached hydrogens (primary N) is 1. The van der Waals surface area contributed by atoms with Crippen molar-refractivity contribution < 1.29 is 9.53 Å². The Morgan fingerprint density at radius 1 is 1.33 bits per heavy atom. The van der Waals surface area contributed by atoms with Crippen molar-refractivity contribution in [2.45, 2.75) is 52.2 Å². The van der Waals surface area contributed by atoms with Crippen molar-refractivity contribution in [1.82, 2.24) is 5.32 Å². The molecule has 0 aliphatic carbocycles. The molecule has 0 aromatic heterocycles. The van der Waals surface area contributed by atoms with Crippen molar-refractivity contribution in [1.29, 1.82) is 0 Å². The molecular weight excluding hydrogens is 212 g/mol. The largest absolute Gasteiger partial charge is 0.444 e. The van der Waals surface area contributed by atoms with E-state index in [4.69, 9.17) is 22.7 Å². The lowest BCUT2D eigenvalue weighted by atomic mass is 10.0. The molecule has 0 spiro atoms. The Balaban J connectivity index is 4.22. The Morgan fingerprint density at radius 3 is 2.13 bits per heavy atom. The van der Waals surface area contributed by atoms with E-state index in [1.54, 1.807) is 0 Å². The van der Waals surface area contributed by atoms with Gasteiger partial charge in [0.15, 0.2) is 0 Å². The van der Waals surface area contributed by atoms with E-state index in [0.717, 1.165) is 0 Å². The Bertz CT molecular complexity index is 257. The van der Waals surface area contributed by atoms with Gasteiger partial charge in [0.05, 0.1) is 4.99 Å². The second-order valence-corrected chi connectivity index (χ2v) is 5.68. The SMILES string of the molecule is CC(C)(CC(N)=S)NC(=O)OC(C)(C)C. The maximum atomic E-state index is 11.4. The van der Waals surface area contributed by atoms with Crippen molar-refractivity contribution in [2.75, 3.05) is 0 Å². The van der Waals surface area contributed by atoms with Gasteiger partial charge in [-0.3, -0.25) is 0 Å². The maximum Gasteiger partial charge on any atom is 0.408 e. The highest BCUT2D eigenvalue weighted by molar-refractivity contribution is 7.80. The van der Waals surface area contributed by atoms with Gasteiger partial charge >= 0.3 is 6.09 Å². The van der Waals surface area contributed by atoms with E-state index in [-0.39, 0.29) is 0 Å². The number of hydrogen-bond donors (Lipinski definition) is 2. The van der Waals surface area contributed by atoms with Gasteiger partial charge in [-0.25, -0.2) is 4.79 Å². The number of nitrogens with one attached hydrogen (secondary N) is 1. The van der Waals surface area contributed by atoms with Gasteiger partial charge in [-0.15, -0.1) is 0 Å². The summed E-state index contributed by atoms with van der Waals surface area (Å²) in [6, 6.07) is 0. The summed E-state index contributed by atoms with van der Waals surface area (Å²) in [4.78, 5) is 11.8. The zero-order valence-electron chi connectivity index (χ0n) is 10.0. The van der Waals surface area contributed by atoms with Crippen molar-refractivity contribution in [2.24, 2.45) is 5.73 Å². The first-order valence-electron chi connectivity index (χ1n) is 4.81. The normalized spacial score (nSPS) is 12.1. The minimum Gasteiger partial charge on any atom is -0.444 e. The monoisotopic (exact) mass is 232 g/mol. The summed E-state index contributed by atoms with van der Waals surface area (Å²) >= 11 is 4.79. The van der Waals surface area contributed by atoms with Gasteiger partial charge < -0.3 is 15.8 Å². The summed E-state index contributed by atoms with van der Waals surface area (Å²) in [7, 11) is 0. The van der Waals surface area contributed by atoms with Gasteiger partial charge in [-0.2, -0.15) is 0 Å². The fourth-order valence-corrected chi connectivity index (χ4v) is 1.42. The van der Waals surface area contributed by atoms with Crippen LogP contribution in [0, 0.1) is 0 Å². The van der Waals surface area contributed by atoms with Crippen LogP contribution in [0.15, 0.2) is 0 Å². The van der Waals surface area contributed by atoms with Crippen molar-refractivity contribution >= 4 is 23.3 Å². The average Bonchev–Trinajstić information content (AvgIpc) is 1.73. The van der Waals surface area contributed by atoms with Gasteiger partial charge in [-0.05, 0) is 34.6 Å². The van der Waals surface area contributed by atoms with Gasteiger partial charge in [0, 0.05) is 12.0 Å². The highest BCUT2D eigenvalue weighted by atomic mass is 32.1. The van der Waals surface area contributed by atoms with Crippen LogP contribution in [0.1, 0.15) is 41.0 Å². The fourth-order valence-electron chi connectivity index (χ4n) is 1.06. The van der Waals surface area contributed by atoms with Crippen LogP contribution in [-0.2, 0) is 4.74 Å². The molecule has 0 heterocycles. The summed E-state index contributed by atoms with van der Waals surface area (Å²) in [6.07, 6.45) is -0.00885. The molecule has 0 fully saturated rings. The van der Waals surface area contributed by atoms with E-state index in [0.29, 0.717) is 11.4 Å². The number of hydrogen-bond acceptors (Lipinski definition) is 3. The number of carbonyl (C=O) groups excluding carboxylic acids is 1. The number of amides is 1. The summed E-state index contributed by atoms with van der Waals surface area (Å²) in [5.74, 6) is 0. The lowest BCUT2D eigenvalue weighted by Crippen LogP contribution is -2.47. The molecule has 5 heteroatoms. The molecule has 0 aromatic rings. The molecule has 0 rings (SSSR count). The van der Waals surface area contributed by atoms with Crippen LogP contribution in [0.4, 0.5) is 4.79 Å². The van der Waals surface area contributed by atoms with Crippen LogP contribution >= 0.6 is 12.2 Å². The lowest BCUT2D eigenvalue weighted by molar-refractivity contribution is 0.0476. The molecule has 0 atom stereocenters. The molecule has 0 saturated carbocycles. The van der Waals surface area contributed by atoms with Crippen LogP contribution < -0.4 is 11.1 Å². The molecule has 1 amide bonds. The molecular formula is C10H20N2O2S. The van der Waals surface area contributed by atoms with Crippen LogP contribution in [0.3, 0.4) is 0 Å². The molecule has 15 heavy (non-hydrogen) atoms. The minimum absolute atomic E-state index is 0.371. The zero-order valence-corrected chi connectivity index (χ0v) is 10.8. The smallest absolute Gasteiger partial charge is 0.408 e. The number of thiocarbonyl (C=S) groups is 1. The minimum atomic E-state index is -0.497. The van der Waals surface area contributed by atoms with Gasteiger partial charge in [0.25, 0.3) is 0 Å². The van der Waals surface area contributed by atoms with E-state index in [2.05, 4.69) is 5.32 Å².